The molecule has 3 N–H and O–H groups in total. The molecule has 2 aliphatic carbocycles. The van der Waals surface area contributed by atoms with Gasteiger partial charge in [-0.05, 0) is 49.1 Å². The molecule has 1 aromatic heterocycles. The lowest BCUT2D eigenvalue weighted by Crippen LogP contribution is -2.31. The average molecular weight is 331 g/mol. The number of sulfonamides is 1. The van der Waals surface area contributed by atoms with Gasteiger partial charge in [-0.1, -0.05) is 18.6 Å². The largest absolute Gasteiger partial charge is 0.389 e. The number of hydrogen-bond acceptors (Lipinski definition) is 4. The molecule has 0 radical (unpaired) electrons. The van der Waals surface area contributed by atoms with Gasteiger partial charge in [0.15, 0.2) is 0 Å². The highest BCUT2D eigenvalue weighted by atomic mass is 32.2. The van der Waals surface area contributed by atoms with E-state index in [-0.39, 0.29) is 4.99 Å². The van der Waals surface area contributed by atoms with Gasteiger partial charge < -0.3 is 5.73 Å². The van der Waals surface area contributed by atoms with Crippen molar-refractivity contribution in [1.29, 1.82) is 0 Å². The third-order valence-corrected chi connectivity index (χ3v) is 7.89. The molecule has 0 aliphatic heterocycles. The van der Waals surface area contributed by atoms with Crippen LogP contribution >= 0.6 is 23.6 Å². The predicted molar refractivity (Wildman–Crippen MR) is 84.3 cm³/mol. The van der Waals surface area contributed by atoms with Crippen LogP contribution in [0.4, 0.5) is 0 Å². The number of nitrogens with two attached hydrogens (primary N) is 1. The van der Waals surface area contributed by atoms with Crippen molar-refractivity contribution in [3.05, 3.63) is 17.0 Å². The Balaban J connectivity index is 1.64. The summed E-state index contributed by atoms with van der Waals surface area (Å²) in [7, 11) is -3.42. The number of thiophene rings is 1. The topological polar surface area (TPSA) is 72.2 Å². The maximum absolute atomic E-state index is 12.2. The molecule has 1 aromatic rings. The van der Waals surface area contributed by atoms with Crippen molar-refractivity contribution in [3.8, 4) is 0 Å². The molecule has 0 aromatic carbocycles. The third kappa shape index (κ3) is 2.77. The number of hydrogen-bond donors (Lipinski definition) is 2. The van der Waals surface area contributed by atoms with E-state index in [2.05, 4.69) is 4.72 Å². The van der Waals surface area contributed by atoms with Crippen molar-refractivity contribution in [2.45, 2.75) is 29.9 Å². The lowest BCUT2D eigenvalue weighted by molar-refractivity contribution is 0.333. The third-order valence-electron chi connectivity index (χ3n) is 4.51. The molecule has 3 unspecified atom stereocenters. The molecule has 0 amide bonds. The summed E-state index contributed by atoms with van der Waals surface area (Å²) in [6, 6.07) is 3.24. The first kappa shape index (κ1) is 14.4. The molecular formula is C13H18N2O2S3. The van der Waals surface area contributed by atoms with E-state index in [0.717, 1.165) is 23.2 Å². The number of fused-ring (bicyclic) bond motifs is 2. The van der Waals surface area contributed by atoms with Crippen LogP contribution in [0.15, 0.2) is 16.3 Å². The minimum absolute atomic E-state index is 0.240. The summed E-state index contributed by atoms with van der Waals surface area (Å²) < 4.78 is 27.5. The van der Waals surface area contributed by atoms with Crippen molar-refractivity contribution in [2.75, 3.05) is 6.54 Å². The van der Waals surface area contributed by atoms with Crippen LogP contribution in [0.5, 0.6) is 0 Å². The van der Waals surface area contributed by atoms with E-state index >= 15 is 0 Å². The summed E-state index contributed by atoms with van der Waals surface area (Å²) in [5.74, 6) is 2.06. The Morgan fingerprint density at radius 3 is 2.75 bits per heavy atom. The first-order valence-electron chi connectivity index (χ1n) is 6.85. The minimum atomic E-state index is -3.42. The zero-order chi connectivity index (χ0) is 14.3. The van der Waals surface area contributed by atoms with Crippen molar-refractivity contribution in [3.63, 3.8) is 0 Å². The molecule has 4 nitrogen and oxygen atoms in total. The van der Waals surface area contributed by atoms with Crippen molar-refractivity contribution >= 4 is 38.6 Å². The Morgan fingerprint density at radius 2 is 2.20 bits per heavy atom. The summed E-state index contributed by atoms with van der Waals surface area (Å²) >= 11 is 5.99. The van der Waals surface area contributed by atoms with Crippen LogP contribution < -0.4 is 10.5 Å². The first-order chi connectivity index (χ1) is 9.45. The fraction of sp³-hybridized carbons (Fsp3) is 0.615. The Labute approximate surface area is 128 Å². The van der Waals surface area contributed by atoms with Gasteiger partial charge in [0.25, 0.3) is 0 Å². The van der Waals surface area contributed by atoms with Gasteiger partial charge in [0.05, 0.1) is 4.88 Å². The van der Waals surface area contributed by atoms with Crippen LogP contribution in [-0.2, 0) is 10.0 Å². The molecule has 3 atom stereocenters. The van der Waals surface area contributed by atoms with Crippen LogP contribution in [0.2, 0.25) is 0 Å². The molecule has 2 aliphatic rings. The van der Waals surface area contributed by atoms with Gasteiger partial charge in [-0.25, -0.2) is 13.1 Å². The van der Waals surface area contributed by atoms with Gasteiger partial charge in [-0.15, -0.1) is 11.3 Å². The summed E-state index contributed by atoms with van der Waals surface area (Å²) in [6.07, 6.45) is 5.06. The maximum atomic E-state index is 12.2. The molecule has 20 heavy (non-hydrogen) atoms. The second kappa shape index (κ2) is 5.36. The quantitative estimate of drug-likeness (QED) is 0.811. The highest BCUT2D eigenvalue weighted by Crippen LogP contribution is 2.48. The molecule has 110 valence electrons. The van der Waals surface area contributed by atoms with E-state index < -0.39 is 10.0 Å². The lowest BCUT2D eigenvalue weighted by Gasteiger charge is -2.21. The van der Waals surface area contributed by atoms with E-state index in [9.17, 15) is 8.42 Å². The standard InChI is InChI=1S/C13H18N2O2S3/c14-13(18)11-3-4-12(19-11)20(16,17)15-7-10-6-8-1-2-9(10)5-8/h3-4,8-10,15H,1-2,5-7H2,(H2,14,18). The van der Waals surface area contributed by atoms with Gasteiger partial charge in [-0.3, -0.25) is 0 Å². The zero-order valence-electron chi connectivity index (χ0n) is 11.0. The Bertz CT molecular complexity index is 623. The van der Waals surface area contributed by atoms with Gasteiger partial charge in [0.1, 0.15) is 9.20 Å². The van der Waals surface area contributed by atoms with E-state index in [1.165, 1.54) is 25.7 Å². The van der Waals surface area contributed by atoms with Gasteiger partial charge >= 0.3 is 0 Å². The minimum Gasteiger partial charge on any atom is -0.389 e. The highest BCUT2D eigenvalue weighted by Gasteiger charge is 2.39. The Hall–Kier alpha value is -0.500. The van der Waals surface area contributed by atoms with Gasteiger partial charge in [0, 0.05) is 6.54 Å². The van der Waals surface area contributed by atoms with Crippen molar-refractivity contribution in [1.82, 2.24) is 4.72 Å². The van der Waals surface area contributed by atoms with Crippen LogP contribution in [0.1, 0.15) is 30.6 Å². The molecule has 7 heteroatoms. The van der Waals surface area contributed by atoms with Gasteiger partial charge in [-0.2, -0.15) is 0 Å². The Kier molecular flexibility index (Phi) is 3.87. The van der Waals surface area contributed by atoms with Crippen molar-refractivity contribution in [2.24, 2.45) is 23.5 Å². The monoisotopic (exact) mass is 330 g/mol. The van der Waals surface area contributed by atoms with Crippen LogP contribution in [-0.4, -0.2) is 20.0 Å². The Morgan fingerprint density at radius 1 is 1.40 bits per heavy atom. The van der Waals surface area contributed by atoms with Crippen LogP contribution in [0.3, 0.4) is 0 Å². The number of nitrogens with one attached hydrogen (secondary N) is 1. The fourth-order valence-corrected chi connectivity index (χ4v) is 6.00. The molecule has 2 bridgehead atoms. The molecule has 1 heterocycles. The van der Waals surface area contributed by atoms with E-state index in [4.69, 9.17) is 18.0 Å². The van der Waals surface area contributed by atoms with E-state index in [1.807, 2.05) is 0 Å². The molecule has 2 saturated carbocycles. The number of thiocarbonyl (C=S) groups is 1. The van der Waals surface area contributed by atoms with E-state index in [0.29, 0.717) is 21.5 Å². The SMILES string of the molecule is NC(=S)c1ccc(S(=O)(=O)NCC2CC3CCC2C3)s1. The fourth-order valence-electron chi connectivity index (χ4n) is 3.51. The molecule has 3 rings (SSSR count). The summed E-state index contributed by atoms with van der Waals surface area (Å²) in [4.78, 5) is 0.879. The smallest absolute Gasteiger partial charge is 0.250 e. The highest BCUT2D eigenvalue weighted by molar-refractivity contribution is 7.91. The summed E-state index contributed by atoms with van der Waals surface area (Å²) in [5.41, 5.74) is 5.51. The molecule has 2 fully saturated rings. The maximum Gasteiger partial charge on any atom is 0.250 e. The second-order valence-corrected chi connectivity index (χ2v) is 9.29. The second-order valence-electron chi connectivity index (χ2n) is 5.77. The summed E-state index contributed by atoms with van der Waals surface area (Å²) in [5, 5.41) is 0. The summed E-state index contributed by atoms with van der Waals surface area (Å²) in [6.45, 7) is 0.559. The van der Waals surface area contributed by atoms with E-state index in [1.54, 1.807) is 12.1 Å². The average Bonchev–Trinajstić information content (AvgIpc) is 3.11. The molecule has 0 saturated heterocycles. The zero-order valence-corrected chi connectivity index (χ0v) is 13.5. The van der Waals surface area contributed by atoms with Gasteiger partial charge in [0.2, 0.25) is 10.0 Å². The normalized spacial score (nSPS) is 28.9. The molecule has 0 spiro atoms. The lowest BCUT2D eigenvalue weighted by atomic mass is 9.89. The van der Waals surface area contributed by atoms with Crippen LogP contribution in [0, 0.1) is 17.8 Å². The first-order valence-corrected chi connectivity index (χ1v) is 9.56. The van der Waals surface area contributed by atoms with Crippen LogP contribution in [0.25, 0.3) is 0 Å². The molecular weight excluding hydrogens is 312 g/mol. The van der Waals surface area contributed by atoms with Crippen molar-refractivity contribution < 1.29 is 8.42 Å². The number of rotatable bonds is 5. The predicted octanol–water partition coefficient (Wildman–Crippen LogP) is 2.10.